The Morgan fingerprint density at radius 1 is 1.53 bits per heavy atom. The number of aromatic nitrogens is 1. The monoisotopic (exact) mass is 283 g/mol. The summed E-state index contributed by atoms with van der Waals surface area (Å²) < 4.78 is 34.2. The lowest BCUT2D eigenvalue weighted by atomic mass is 10.2. The first kappa shape index (κ1) is 13.5. The lowest BCUT2D eigenvalue weighted by molar-refractivity contribution is -0.137. The van der Waals surface area contributed by atoms with E-state index in [9.17, 15) is 13.7 Å². The minimum Gasteiger partial charge on any atom is -0.566 e. The van der Waals surface area contributed by atoms with Gasteiger partial charge < -0.3 is 9.29 Å². The molecule has 1 atom stereocenters. The molecule has 0 fully saturated rings. The van der Waals surface area contributed by atoms with Crippen molar-refractivity contribution in [3.63, 3.8) is 0 Å². The third kappa shape index (κ3) is 2.74. The Morgan fingerprint density at radius 3 is 2.84 bits per heavy atom. The van der Waals surface area contributed by atoms with E-state index in [2.05, 4.69) is 14.1 Å². The minimum absolute atomic E-state index is 0.0944. The van der Waals surface area contributed by atoms with Crippen LogP contribution in [0.2, 0.25) is 0 Å². The highest BCUT2D eigenvalue weighted by atomic mass is 32.2. The van der Waals surface area contributed by atoms with Gasteiger partial charge in [0.25, 0.3) is 0 Å². The highest BCUT2D eigenvalue weighted by Gasteiger charge is 2.31. The molecule has 0 bridgehead atoms. The molecule has 1 aliphatic heterocycles. The Bertz CT molecular complexity index is 559. The average molecular weight is 283 g/mol. The van der Waals surface area contributed by atoms with Crippen molar-refractivity contribution in [3.05, 3.63) is 41.6 Å². The van der Waals surface area contributed by atoms with Crippen molar-refractivity contribution in [2.24, 2.45) is 4.40 Å². The summed E-state index contributed by atoms with van der Waals surface area (Å²) in [7, 11) is 2.68. The van der Waals surface area contributed by atoms with Crippen molar-refractivity contribution >= 4 is 23.2 Å². The number of hydrogen-bond acceptors (Lipinski definition) is 6. The van der Waals surface area contributed by atoms with Gasteiger partial charge in [0.1, 0.15) is 11.5 Å². The smallest absolute Gasteiger partial charge is 0.359 e. The number of rotatable bonds is 2. The molecule has 0 aliphatic carbocycles. The molecule has 1 aliphatic rings. The molecule has 1 unspecified atom stereocenters. The van der Waals surface area contributed by atoms with E-state index in [1.54, 1.807) is 0 Å². The van der Waals surface area contributed by atoms with E-state index in [4.69, 9.17) is 0 Å². The number of carbonyl (C=O) groups excluding carboxylic acids is 1. The quantitative estimate of drug-likeness (QED) is 0.586. The van der Waals surface area contributed by atoms with E-state index < -0.39 is 23.3 Å². The SMILES string of the molecule is COC(=O)C1=CC(c2ccc(F)cn2)=N[S+]([O-])N1C. The second kappa shape index (κ2) is 5.37. The van der Waals surface area contributed by atoms with Gasteiger partial charge in [-0.15, -0.1) is 0 Å². The van der Waals surface area contributed by atoms with Crippen LogP contribution in [0.4, 0.5) is 4.39 Å². The number of esters is 1. The molecule has 2 heterocycles. The second-order valence-electron chi connectivity index (χ2n) is 3.59. The van der Waals surface area contributed by atoms with Crippen molar-refractivity contribution < 1.29 is 18.5 Å². The van der Waals surface area contributed by atoms with E-state index in [-0.39, 0.29) is 11.4 Å². The number of hydrogen-bond donors (Lipinski definition) is 0. The van der Waals surface area contributed by atoms with Crippen molar-refractivity contribution in [3.8, 4) is 0 Å². The first-order valence-electron chi connectivity index (χ1n) is 5.19. The maximum Gasteiger partial charge on any atom is 0.359 e. The average Bonchev–Trinajstić information content (AvgIpc) is 2.41. The predicted molar refractivity (Wildman–Crippen MR) is 66.7 cm³/mol. The highest BCUT2D eigenvalue weighted by Crippen LogP contribution is 2.19. The molecule has 8 heteroatoms. The number of ether oxygens (including phenoxy) is 1. The van der Waals surface area contributed by atoms with Gasteiger partial charge >= 0.3 is 5.97 Å². The molecule has 0 aromatic carbocycles. The predicted octanol–water partition coefficient (Wildman–Crippen LogP) is 0.591. The van der Waals surface area contributed by atoms with E-state index >= 15 is 0 Å². The summed E-state index contributed by atoms with van der Waals surface area (Å²) in [4.78, 5) is 15.4. The Kier molecular flexibility index (Phi) is 3.82. The van der Waals surface area contributed by atoms with E-state index in [0.29, 0.717) is 5.69 Å². The first-order chi connectivity index (χ1) is 9.02. The van der Waals surface area contributed by atoms with Gasteiger partial charge in [0.2, 0.25) is 11.5 Å². The molecule has 100 valence electrons. The van der Waals surface area contributed by atoms with Crippen molar-refractivity contribution in [2.75, 3.05) is 14.2 Å². The number of allylic oxidation sites excluding steroid dienone is 1. The normalized spacial score (nSPS) is 18.7. The van der Waals surface area contributed by atoms with Crippen LogP contribution in [-0.4, -0.2) is 39.7 Å². The summed E-state index contributed by atoms with van der Waals surface area (Å²) in [6, 6.07) is 2.60. The van der Waals surface area contributed by atoms with Gasteiger partial charge in [0.05, 0.1) is 26.0 Å². The third-order valence-electron chi connectivity index (χ3n) is 2.41. The summed E-state index contributed by atoms with van der Waals surface area (Å²) in [5.41, 5.74) is 0.651. The summed E-state index contributed by atoms with van der Waals surface area (Å²) >= 11 is -1.75. The van der Waals surface area contributed by atoms with Crippen LogP contribution in [0.25, 0.3) is 0 Å². The minimum atomic E-state index is -1.75. The molecule has 0 radical (unpaired) electrons. The summed E-state index contributed by atoms with van der Waals surface area (Å²) in [6.45, 7) is 0. The highest BCUT2D eigenvalue weighted by molar-refractivity contribution is 7.88. The molecule has 2 rings (SSSR count). The molecule has 0 N–H and O–H groups in total. The van der Waals surface area contributed by atoms with Gasteiger partial charge in [-0.25, -0.2) is 9.18 Å². The van der Waals surface area contributed by atoms with Crippen LogP contribution in [-0.2, 0) is 21.1 Å². The van der Waals surface area contributed by atoms with Crippen molar-refractivity contribution in [2.45, 2.75) is 0 Å². The number of pyridine rings is 1. The molecule has 19 heavy (non-hydrogen) atoms. The fraction of sp³-hybridized carbons (Fsp3) is 0.182. The first-order valence-corrected chi connectivity index (χ1v) is 6.25. The Morgan fingerprint density at radius 2 is 2.26 bits per heavy atom. The maximum atomic E-state index is 12.8. The Labute approximate surface area is 112 Å². The number of halogens is 1. The van der Waals surface area contributed by atoms with Gasteiger partial charge in [-0.1, -0.05) is 0 Å². The fourth-order valence-corrected chi connectivity index (χ4v) is 2.15. The molecule has 6 nitrogen and oxygen atoms in total. The largest absolute Gasteiger partial charge is 0.566 e. The third-order valence-corrected chi connectivity index (χ3v) is 3.43. The lowest BCUT2D eigenvalue weighted by Gasteiger charge is -2.21. The zero-order valence-electron chi connectivity index (χ0n) is 10.2. The topological polar surface area (TPSA) is 77.8 Å². The van der Waals surface area contributed by atoms with Crippen molar-refractivity contribution in [1.82, 2.24) is 9.29 Å². The summed E-state index contributed by atoms with van der Waals surface area (Å²) in [5.74, 6) is -1.12. The molecule has 1 aromatic rings. The van der Waals surface area contributed by atoms with Crippen LogP contribution >= 0.6 is 0 Å². The van der Waals surface area contributed by atoms with Crippen LogP contribution < -0.4 is 0 Å². The number of carbonyl (C=O) groups is 1. The number of likely N-dealkylation sites (N-methyl/N-ethyl adjacent to an activating group) is 1. The van der Waals surface area contributed by atoms with Crippen LogP contribution in [0.1, 0.15) is 5.69 Å². The molecule has 0 saturated heterocycles. The molecule has 1 aromatic heterocycles. The van der Waals surface area contributed by atoms with Crippen molar-refractivity contribution in [1.29, 1.82) is 0 Å². The van der Waals surface area contributed by atoms with E-state index in [1.165, 1.54) is 36.7 Å². The molecule has 0 spiro atoms. The van der Waals surface area contributed by atoms with Crippen LogP contribution in [0, 0.1) is 5.82 Å². The summed E-state index contributed by atoms with van der Waals surface area (Å²) in [6.07, 6.45) is 2.41. The zero-order valence-corrected chi connectivity index (χ0v) is 11.0. The van der Waals surface area contributed by atoms with Crippen LogP contribution in [0.15, 0.2) is 34.5 Å². The fourth-order valence-electron chi connectivity index (χ4n) is 1.42. The van der Waals surface area contributed by atoms with Gasteiger partial charge in [0.15, 0.2) is 5.70 Å². The van der Waals surface area contributed by atoms with E-state index in [1.807, 2.05) is 0 Å². The Balaban J connectivity index is 2.40. The molecule has 0 saturated carbocycles. The van der Waals surface area contributed by atoms with Gasteiger partial charge in [0, 0.05) is 6.08 Å². The maximum absolute atomic E-state index is 12.8. The van der Waals surface area contributed by atoms with Gasteiger partial charge in [-0.3, -0.25) is 4.98 Å². The summed E-state index contributed by atoms with van der Waals surface area (Å²) in [5, 5.41) is 0. The Hall–Kier alpha value is -1.93. The number of methoxy groups -OCH3 is 1. The number of nitrogens with zero attached hydrogens (tertiary/aromatic N) is 3. The zero-order chi connectivity index (χ0) is 14.0. The molecule has 0 amide bonds. The van der Waals surface area contributed by atoms with Crippen LogP contribution in [0.3, 0.4) is 0 Å². The molecular formula is C11H10FN3O3S. The standard InChI is InChI=1S/C11H10FN3O3S/c1-15-10(11(16)18-2)5-9(14-19(15)17)8-4-3-7(12)6-13-8/h3-6H,1-2H3. The van der Waals surface area contributed by atoms with Gasteiger partial charge in [-0.2, -0.15) is 4.31 Å². The van der Waals surface area contributed by atoms with Crippen LogP contribution in [0.5, 0.6) is 0 Å². The lowest BCUT2D eigenvalue weighted by Crippen LogP contribution is -2.33. The second-order valence-corrected chi connectivity index (χ2v) is 4.78. The molecular weight excluding hydrogens is 273 g/mol. The van der Waals surface area contributed by atoms with E-state index in [0.717, 1.165) is 6.20 Å². The van der Waals surface area contributed by atoms with Gasteiger partial charge in [-0.05, 0) is 16.5 Å².